The maximum Gasteiger partial charge on any atom is 0.360 e. The summed E-state index contributed by atoms with van der Waals surface area (Å²) in [5, 5.41) is 0. The topological polar surface area (TPSA) is 69.7 Å². The van der Waals surface area contributed by atoms with Crippen LogP contribution in [0.2, 0.25) is 0 Å². The molecule has 1 saturated heterocycles. The Morgan fingerprint density at radius 2 is 1.58 bits per heavy atom. The Morgan fingerprint density at radius 3 is 2.19 bits per heavy atom. The Hall–Kier alpha value is -2.17. The summed E-state index contributed by atoms with van der Waals surface area (Å²) < 4.78 is 11.2. The van der Waals surface area contributed by atoms with Crippen molar-refractivity contribution in [3.63, 3.8) is 0 Å². The summed E-state index contributed by atoms with van der Waals surface area (Å²) in [5.41, 5.74) is -2.80. The first-order chi connectivity index (χ1) is 12.4. The lowest BCUT2D eigenvalue weighted by Crippen LogP contribution is -2.61. The molecule has 142 valence electrons. The van der Waals surface area contributed by atoms with Crippen LogP contribution < -0.4 is 0 Å². The van der Waals surface area contributed by atoms with E-state index in [0.717, 1.165) is 19.3 Å². The predicted molar refractivity (Wildman–Crippen MR) is 97.4 cm³/mol. The Labute approximate surface area is 155 Å². The molecule has 2 rings (SSSR count). The van der Waals surface area contributed by atoms with Gasteiger partial charge in [0.15, 0.2) is 5.78 Å². The number of ketones is 1. The molecule has 0 spiro atoms. The van der Waals surface area contributed by atoms with Gasteiger partial charge in [-0.15, -0.1) is 0 Å². The molecular weight excluding hydrogens is 332 g/mol. The highest BCUT2D eigenvalue weighted by Gasteiger charge is 2.60. The second-order valence-electron chi connectivity index (χ2n) is 6.99. The first kappa shape index (κ1) is 20.1. The fourth-order valence-electron chi connectivity index (χ4n) is 3.17. The van der Waals surface area contributed by atoms with Crippen LogP contribution in [0.3, 0.4) is 0 Å². The third kappa shape index (κ3) is 3.81. The van der Waals surface area contributed by atoms with Crippen LogP contribution in [-0.4, -0.2) is 23.3 Å². The van der Waals surface area contributed by atoms with Crippen LogP contribution in [0.5, 0.6) is 0 Å². The Morgan fingerprint density at radius 1 is 0.923 bits per heavy atom. The maximum absolute atomic E-state index is 12.9. The molecule has 5 nitrogen and oxygen atoms in total. The molecule has 0 aromatic heterocycles. The molecule has 5 heteroatoms. The SMILES string of the molecule is CCCCCC(=O)[C@@]1(CCCC)OC(=O)[C@](C)(c2ccccc2)OC1=O. The van der Waals surface area contributed by atoms with E-state index in [-0.39, 0.29) is 18.6 Å². The number of carbonyl (C=O) groups is 3. The first-order valence-electron chi connectivity index (χ1n) is 9.46. The second-order valence-corrected chi connectivity index (χ2v) is 6.99. The summed E-state index contributed by atoms with van der Waals surface area (Å²) >= 11 is 0. The van der Waals surface area contributed by atoms with Gasteiger partial charge in [-0.2, -0.15) is 0 Å². The van der Waals surface area contributed by atoms with Crippen LogP contribution >= 0.6 is 0 Å². The van der Waals surface area contributed by atoms with Crippen molar-refractivity contribution >= 4 is 17.7 Å². The number of hydrogen-bond acceptors (Lipinski definition) is 5. The van der Waals surface area contributed by atoms with Crippen LogP contribution in [0.4, 0.5) is 0 Å². The van der Waals surface area contributed by atoms with Crippen LogP contribution in [0.1, 0.15) is 71.3 Å². The van der Waals surface area contributed by atoms with Crippen LogP contribution in [0, 0.1) is 0 Å². The van der Waals surface area contributed by atoms with Gasteiger partial charge in [0.2, 0.25) is 5.60 Å². The van der Waals surface area contributed by atoms with Gasteiger partial charge >= 0.3 is 11.9 Å². The lowest BCUT2D eigenvalue weighted by molar-refractivity contribution is -0.226. The Balaban J connectivity index is 2.30. The van der Waals surface area contributed by atoms with E-state index in [1.165, 1.54) is 6.92 Å². The predicted octanol–water partition coefficient (Wildman–Crippen LogP) is 4.08. The van der Waals surface area contributed by atoms with Gasteiger partial charge in [-0.25, -0.2) is 9.59 Å². The number of cyclic esters (lactones) is 2. The Bertz CT molecular complexity index is 654. The monoisotopic (exact) mass is 360 g/mol. The zero-order valence-electron chi connectivity index (χ0n) is 15.9. The number of rotatable bonds is 9. The fourth-order valence-corrected chi connectivity index (χ4v) is 3.17. The average Bonchev–Trinajstić information content (AvgIpc) is 2.64. The van der Waals surface area contributed by atoms with Crippen molar-refractivity contribution in [3.05, 3.63) is 35.9 Å². The van der Waals surface area contributed by atoms with E-state index in [9.17, 15) is 14.4 Å². The maximum atomic E-state index is 12.9. The van der Waals surface area contributed by atoms with Crippen molar-refractivity contribution in [1.82, 2.24) is 0 Å². The van der Waals surface area contributed by atoms with Crippen LogP contribution in [0.15, 0.2) is 30.3 Å². The minimum absolute atomic E-state index is 0.171. The van der Waals surface area contributed by atoms with Gasteiger partial charge in [-0.3, -0.25) is 4.79 Å². The third-order valence-corrected chi connectivity index (χ3v) is 4.95. The van der Waals surface area contributed by atoms with Gasteiger partial charge < -0.3 is 9.47 Å². The van der Waals surface area contributed by atoms with E-state index in [1.54, 1.807) is 24.3 Å². The molecule has 26 heavy (non-hydrogen) atoms. The smallest absolute Gasteiger partial charge is 0.360 e. The standard InChI is InChI=1S/C21H28O5/c1-4-6-9-14-17(22)21(15-7-5-2)19(24)25-20(3,18(23)26-21)16-12-10-8-11-13-16/h8,10-13H,4-7,9,14-15H2,1-3H3/t20-,21+/m0/s1. The lowest BCUT2D eigenvalue weighted by Gasteiger charge is -2.41. The summed E-state index contributed by atoms with van der Waals surface area (Å²) in [6.07, 6.45) is 4.29. The molecule has 0 N–H and O–H groups in total. The zero-order valence-corrected chi connectivity index (χ0v) is 15.9. The summed E-state index contributed by atoms with van der Waals surface area (Å²) in [6, 6.07) is 8.74. The molecule has 0 unspecified atom stereocenters. The number of esters is 2. The Kier molecular flexibility index (Phi) is 6.57. The van der Waals surface area contributed by atoms with Gasteiger partial charge in [0.05, 0.1) is 0 Å². The summed E-state index contributed by atoms with van der Waals surface area (Å²) in [4.78, 5) is 38.6. The summed E-state index contributed by atoms with van der Waals surface area (Å²) in [6.45, 7) is 5.50. The van der Waals surface area contributed by atoms with Crippen LogP contribution in [0.25, 0.3) is 0 Å². The van der Waals surface area contributed by atoms with E-state index >= 15 is 0 Å². The van der Waals surface area contributed by atoms with E-state index in [0.29, 0.717) is 18.4 Å². The number of carbonyl (C=O) groups excluding carboxylic acids is 3. The number of benzene rings is 1. The second kappa shape index (κ2) is 8.47. The molecule has 2 atom stereocenters. The zero-order chi connectivity index (χ0) is 19.2. The summed E-state index contributed by atoms with van der Waals surface area (Å²) in [7, 11) is 0. The highest BCUT2D eigenvalue weighted by Crippen LogP contribution is 2.39. The van der Waals surface area contributed by atoms with E-state index in [1.807, 2.05) is 19.9 Å². The molecular formula is C21H28O5. The number of hydrogen-bond donors (Lipinski definition) is 0. The molecule has 1 heterocycles. The molecule has 1 aromatic carbocycles. The molecule has 1 aromatic rings. The quantitative estimate of drug-likeness (QED) is 0.377. The minimum Gasteiger partial charge on any atom is -0.439 e. The highest BCUT2D eigenvalue weighted by molar-refractivity contribution is 6.11. The number of ether oxygens (including phenoxy) is 2. The number of unbranched alkanes of at least 4 members (excludes halogenated alkanes) is 3. The van der Waals surface area contributed by atoms with Gasteiger partial charge in [0.1, 0.15) is 0 Å². The minimum atomic E-state index is -1.80. The molecule has 0 amide bonds. The molecule has 0 saturated carbocycles. The van der Waals surface area contributed by atoms with Crippen molar-refractivity contribution in [2.45, 2.75) is 76.9 Å². The van der Waals surface area contributed by atoms with Crippen molar-refractivity contribution in [3.8, 4) is 0 Å². The molecule has 0 bridgehead atoms. The van der Waals surface area contributed by atoms with Gasteiger partial charge in [-0.05, 0) is 19.8 Å². The molecule has 1 aliphatic heterocycles. The molecule has 0 radical (unpaired) electrons. The fraction of sp³-hybridized carbons (Fsp3) is 0.571. The van der Waals surface area contributed by atoms with Crippen molar-refractivity contribution in [1.29, 1.82) is 0 Å². The summed E-state index contributed by atoms with van der Waals surface area (Å²) in [5.74, 6) is -1.80. The lowest BCUT2D eigenvalue weighted by atomic mass is 9.85. The molecule has 0 aliphatic carbocycles. The van der Waals surface area contributed by atoms with E-state index in [2.05, 4.69) is 0 Å². The van der Waals surface area contributed by atoms with E-state index in [4.69, 9.17) is 9.47 Å². The van der Waals surface area contributed by atoms with Crippen molar-refractivity contribution in [2.75, 3.05) is 0 Å². The van der Waals surface area contributed by atoms with Crippen molar-refractivity contribution in [2.24, 2.45) is 0 Å². The van der Waals surface area contributed by atoms with Gasteiger partial charge in [-0.1, -0.05) is 63.4 Å². The molecule has 1 aliphatic rings. The van der Waals surface area contributed by atoms with Crippen molar-refractivity contribution < 1.29 is 23.9 Å². The highest BCUT2D eigenvalue weighted by atomic mass is 16.7. The van der Waals surface area contributed by atoms with E-state index < -0.39 is 23.1 Å². The van der Waals surface area contributed by atoms with Crippen LogP contribution in [-0.2, 0) is 29.5 Å². The van der Waals surface area contributed by atoms with Gasteiger partial charge in [0.25, 0.3) is 5.60 Å². The van der Waals surface area contributed by atoms with Gasteiger partial charge in [0, 0.05) is 18.4 Å². The third-order valence-electron chi connectivity index (χ3n) is 4.95. The number of Topliss-reactive ketones (excluding diaryl/α,β-unsaturated/α-hetero) is 1. The largest absolute Gasteiger partial charge is 0.439 e. The first-order valence-corrected chi connectivity index (χ1v) is 9.46. The molecule has 1 fully saturated rings. The average molecular weight is 360 g/mol. The normalized spacial score (nSPS) is 25.5.